The molecule has 0 N–H and O–H groups in total. The lowest BCUT2D eigenvalue weighted by molar-refractivity contribution is -0.180. The number of ether oxygens (including phenoxy) is 4. The van der Waals surface area contributed by atoms with Gasteiger partial charge in [0.05, 0.1) is 32.6 Å². The van der Waals surface area contributed by atoms with Gasteiger partial charge in [0.25, 0.3) is 11.7 Å². The predicted molar refractivity (Wildman–Crippen MR) is 95.6 cm³/mol. The summed E-state index contributed by atoms with van der Waals surface area (Å²) in [5.41, 5.74) is 2.64. The highest BCUT2D eigenvalue weighted by Crippen LogP contribution is 2.45. The van der Waals surface area contributed by atoms with Crippen molar-refractivity contribution >= 4 is 11.6 Å². The number of amides is 1. The topological polar surface area (TPSA) is 57.2 Å². The van der Waals surface area contributed by atoms with Crippen molar-refractivity contribution in [2.24, 2.45) is 0 Å². The number of hydrogen-bond donors (Lipinski definition) is 0. The Bertz CT molecular complexity index is 829. The number of anilines is 1. The Morgan fingerprint density at radius 3 is 2.58 bits per heavy atom. The average molecular weight is 355 g/mol. The minimum atomic E-state index is -1.30. The van der Waals surface area contributed by atoms with Gasteiger partial charge in [-0.1, -0.05) is 23.8 Å². The molecule has 1 amide bonds. The Balaban J connectivity index is 1.55. The van der Waals surface area contributed by atoms with Crippen molar-refractivity contribution in [3.8, 4) is 11.5 Å². The number of para-hydroxylation sites is 2. The van der Waals surface area contributed by atoms with E-state index < -0.39 is 5.79 Å². The van der Waals surface area contributed by atoms with Gasteiger partial charge in [-0.15, -0.1) is 0 Å². The van der Waals surface area contributed by atoms with E-state index in [1.54, 1.807) is 12.0 Å². The van der Waals surface area contributed by atoms with Gasteiger partial charge in [0.2, 0.25) is 0 Å². The van der Waals surface area contributed by atoms with Gasteiger partial charge in [-0.3, -0.25) is 4.79 Å². The maximum Gasteiger partial charge on any atom is 0.292 e. The first kappa shape index (κ1) is 16.9. The van der Waals surface area contributed by atoms with Crippen LogP contribution in [0, 0.1) is 6.92 Å². The SMILES string of the molecule is COc1ccccc1OCCN1C(=O)C2(OCCO2)c2cc(C)ccc21. The van der Waals surface area contributed by atoms with Crippen LogP contribution in [0.3, 0.4) is 0 Å². The van der Waals surface area contributed by atoms with Crippen molar-refractivity contribution in [3.63, 3.8) is 0 Å². The molecule has 0 saturated carbocycles. The summed E-state index contributed by atoms with van der Waals surface area (Å²) in [6.07, 6.45) is 0. The maximum absolute atomic E-state index is 13.1. The van der Waals surface area contributed by atoms with E-state index in [-0.39, 0.29) is 5.91 Å². The molecule has 0 unspecified atom stereocenters. The number of carbonyl (C=O) groups excluding carboxylic acids is 1. The highest BCUT2D eigenvalue weighted by atomic mass is 16.7. The van der Waals surface area contributed by atoms with E-state index in [2.05, 4.69) is 0 Å². The molecule has 6 heteroatoms. The number of methoxy groups -OCH3 is 1. The molecule has 1 saturated heterocycles. The van der Waals surface area contributed by atoms with Crippen LogP contribution in [0.2, 0.25) is 0 Å². The van der Waals surface area contributed by atoms with Gasteiger partial charge in [0.1, 0.15) is 6.61 Å². The molecule has 2 aliphatic heterocycles. The molecule has 2 aromatic carbocycles. The van der Waals surface area contributed by atoms with E-state index in [4.69, 9.17) is 18.9 Å². The van der Waals surface area contributed by atoms with Crippen molar-refractivity contribution in [2.75, 3.05) is 38.4 Å². The Hall–Kier alpha value is -2.57. The molecule has 0 aromatic heterocycles. The summed E-state index contributed by atoms with van der Waals surface area (Å²) < 4.78 is 22.6. The van der Waals surface area contributed by atoms with Crippen LogP contribution < -0.4 is 14.4 Å². The largest absolute Gasteiger partial charge is 0.493 e. The zero-order valence-electron chi connectivity index (χ0n) is 14.9. The molecule has 2 heterocycles. The molecule has 2 aromatic rings. The van der Waals surface area contributed by atoms with Crippen LogP contribution in [-0.2, 0) is 20.1 Å². The Labute approximate surface area is 152 Å². The molecule has 0 aliphatic carbocycles. The number of hydrogen-bond acceptors (Lipinski definition) is 5. The lowest BCUT2D eigenvalue weighted by Crippen LogP contribution is -2.42. The van der Waals surface area contributed by atoms with E-state index in [0.717, 1.165) is 16.8 Å². The summed E-state index contributed by atoms with van der Waals surface area (Å²) in [5.74, 6) is -0.186. The molecule has 0 radical (unpaired) electrons. The quantitative estimate of drug-likeness (QED) is 0.825. The first-order valence-corrected chi connectivity index (χ1v) is 8.62. The van der Waals surface area contributed by atoms with Gasteiger partial charge in [-0.25, -0.2) is 0 Å². The summed E-state index contributed by atoms with van der Waals surface area (Å²) in [5, 5.41) is 0. The van der Waals surface area contributed by atoms with E-state index in [1.807, 2.05) is 49.4 Å². The lowest BCUT2D eigenvalue weighted by atomic mass is 10.0. The Kier molecular flexibility index (Phi) is 4.30. The smallest absolute Gasteiger partial charge is 0.292 e. The third-order valence-electron chi connectivity index (χ3n) is 4.66. The van der Waals surface area contributed by atoms with Crippen LogP contribution in [0.25, 0.3) is 0 Å². The van der Waals surface area contributed by atoms with Gasteiger partial charge in [0.15, 0.2) is 11.5 Å². The summed E-state index contributed by atoms with van der Waals surface area (Å²) in [6, 6.07) is 13.3. The summed E-state index contributed by atoms with van der Waals surface area (Å²) in [6.45, 7) is 3.52. The van der Waals surface area contributed by atoms with Gasteiger partial charge < -0.3 is 23.8 Å². The van der Waals surface area contributed by atoms with Crippen LogP contribution in [0.5, 0.6) is 11.5 Å². The second-order valence-corrected chi connectivity index (χ2v) is 6.29. The van der Waals surface area contributed by atoms with E-state index in [0.29, 0.717) is 37.9 Å². The average Bonchev–Trinajstić information content (AvgIpc) is 3.23. The highest BCUT2D eigenvalue weighted by molar-refractivity contribution is 6.06. The fourth-order valence-corrected chi connectivity index (χ4v) is 3.45. The number of aryl methyl sites for hydroxylation is 1. The summed E-state index contributed by atoms with van der Waals surface area (Å²) >= 11 is 0. The number of rotatable bonds is 5. The molecular weight excluding hydrogens is 334 g/mol. The number of benzene rings is 2. The van der Waals surface area contributed by atoms with E-state index in [9.17, 15) is 4.79 Å². The molecule has 0 atom stereocenters. The normalized spacial score (nSPS) is 17.6. The van der Waals surface area contributed by atoms with Crippen LogP contribution in [0.4, 0.5) is 5.69 Å². The van der Waals surface area contributed by atoms with E-state index >= 15 is 0 Å². The number of nitrogens with zero attached hydrogens (tertiary/aromatic N) is 1. The van der Waals surface area contributed by atoms with Crippen LogP contribution in [0.15, 0.2) is 42.5 Å². The van der Waals surface area contributed by atoms with Gasteiger partial charge in [0, 0.05) is 5.56 Å². The molecule has 1 fully saturated rings. The molecule has 26 heavy (non-hydrogen) atoms. The standard InChI is InChI=1S/C20H21NO5/c1-14-7-8-16-15(13-14)20(25-11-12-26-20)19(22)21(16)9-10-24-18-6-4-3-5-17(18)23-2/h3-8,13H,9-12H2,1-2H3. The Morgan fingerprint density at radius 2 is 1.85 bits per heavy atom. The van der Waals surface area contributed by atoms with Crippen LogP contribution >= 0.6 is 0 Å². The fourth-order valence-electron chi connectivity index (χ4n) is 3.45. The molecule has 2 aliphatic rings. The zero-order chi connectivity index (χ0) is 18.1. The molecule has 4 rings (SSSR count). The first-order chi connectivity index (χ1) is 12.7. The minimum Gasteiger partial charge on any atom is -0.493 e. The summed E-state index contributed by atoms with van der Waals surface area (Å²) in [7, 11) is 1.60. The maximum atomic E-state index is 13.1. The predicted octanol–water partition coefficient (Wildman–Crippen LogP) is 2.63. The Morgan fingerprint density at radius 1 is 1.12 bits per heavy atom. The van der Waals surface area contributed by atoms with Crippen LogP contribution in [0.1, 0.15) is 11.1 Å². The monoisotopic (exact) mass is 355 g/mol. The van der Waals surface area contributed by atoms with Gasteiger partial charge in [-0.2, -0.15) is 0 Å². The highest BCUT2D eigenvalue weighted by Gasteiger charge is 2.55. The second kappa shape index (κ2) is 6.63. The van der Waals surface area contributed by atoms with Crippen molar-refractivity contribution in [1.29, 1.82) is 0 Å². The molecule has 0 bridgehead atoms. The fraction of sp³-hybridized carbons (Fsp3) is 0.350. The van der Waals surface area contributed by atoms with Crippen molar-refractivity contribution in [3.05, 3.63) is 53.6 Å². The molecule has 6 nitrogen and oxygen atoms in total. The minimum absolute atomic E-state index is 0.195. The van der Waals surface area contributed by atoms with Gasteiger partial charge in [-0.05, 0) is 31.2 Å². The molecular formula is C20H21NO5. The van der Waals surface area contributed by atoms with Crippen molar-refractivity contribution in [2.45, 2.75) is 12.7 Å². The number of fused-ring (bicyclic) bond motifs is 2. The first-order valence-electron chi connectivity index (χ1n) is 8.62. The number of carbonyl (C=O) groups is 1. The van der Waals surface area contributed by atoms with Crippen molar-refractivity contribution in [1.82, 2.24) is 0 Å². The summed E-state index contributed by atoms with van der Waals surface area (Å²) in [4.78, 5) is 14.7. The third-order valence-corrected chi connectivity index (χ3v) is 4.66. The third kappa shape index (κ3) is 2.62. The van der Waals surface area contributed by atoms with Crippen molar-refractivity contribution < 1.29 is 23.7 Å². The van der Waals surface area contributed by atoms with Gasteiger partial charge >= 0.3 is 0 Å². The zero-order valence-corrected chi connectivity index (χ0v) is 14.9. The molecule has 136 valence electrons. The second-order valence-electron chi connectivity index (χ2n) is 6.29. The molecule has 1 spiro atoms. The van der Waals surface area contributed by atoms with E-state index in [1.165, 1.54) is 0 Å². The lowest BCUT2D eigenvalue weighted by Gasteiger charge is -2.22. The van der Waals surface area contributed by atoms with Crippen LogP contribution in [-0.4, -0.2) is 39.4 Å².